The number of amides is 1. The summed E-state index contributed by atoms with van der Waals surface area (Å²) in [5.41, 5.74) is 2.38. The van der Waals surface area contributed by atoms with E-state index >= 15 is 0 Å². The molecule has 1 amide bonds. The fraction of sp³-hybridized carbons (Fsp3) is 0.0769. The quantitative estimate of drug-likeness (QED) is 0.681. The van der Waals surface area contributed by atoms with Crippen LogP contribution < -0.4 is 10.2 Å². The number of ether oxygens (including phenoxy) is 1. The number of carbonyl (C=O) groups excluding carboxylic acids is 1. The highest BCUT2D eigenvalue weighted by Crippen LogP contribution is 2.16. The lowest BCUT2D eigenvalue weighted by atomic mass is 10.3. The van der Waals surface area contributed by atoms with Gasteiger partial charge < -0.3 is 4.74 Å². The van der Waals surface area contributed by atoms with Gasteiger partial charge in [0.1, 0.15) is 5.75 Å². The first-order valence-corrected chi connectivity index (χ1v) is 6.73. The number of nitrogens with one attached hydrogen (secondary N) is 1. The molecule has 1 aromatic heterocycles. The maximum absolute atomic E-state index is 11.5. The number of nitrogens with zero attached hydrogens (tertiary/aromatic N) is 1. The van der Waals surface area contributed by atoms with Gasteiger partial charge >= 0.3 is 0 Å². The molecule has 0 aliphatic heterocycles. The summed E-state index contributed by atoms with van der Waals surface area (Å²) in [6, 6.07) is 10.7. The first-order valence-electron chi connectivity index (χ1n) is 5.48. The Morgan fingerprint density at radius 3 is 3.05 bits per heavy atom. The van der Waals surface area contributed by atoms with E-state index in [9.17, 15) is 4.79 Å². The molecule has 98 valence electrons. The minimum absolute atomic E-state index is 0.109. The second-order valence-electron chi connectivity index (χ2n) is 3.55. The van der Waals surface area contributed by atoms with Gasteiger partial charge in [0.2, 0.25) is 0 Å². The number of hydrazone groups is 1. The predicted molar refractivity (Wildman–Crippen MR) is 77.0 cm³/mol. The van der Waals surface area contributed by atoms with Crippen molar-refractivity contribution in [1.82, 2.24) is 5.43 Å². The van der Waals surface area contributed by atoms with Crippen molar-refractivity contribution in [2.24, 2.45) is 5.10 Å². The van der Waals surface area contributed by atoms with Crippen LogP contribution in [-0.2, 0) is 4.79 Å². The van der Waals surface area contributed by atoms with Crippen LogP contribution in [0.15, 0.2) is 46.9 Å². The molecule has 0 aliphatic rings. The Morgan fingerprint density at radius 2 is 2.32 bits per heavy atom. The molecule has 1 heterocycles. The summed E-state index contributed by atoms with van der Waals surface area (Å²) in [5.74, 6) is 0.220. The van der Waals surface area contributed by atoms with Gasteiger partial charge in [-0.05, 0) is 29.6 Å². The summed E-state index contributed by atoms with van der Waals surface area (Å²) in [4.78, 5) is 12.4. The largest absolute Gasteiger partial charge is 0.484 e. The monoisotopic (exact) mass is 294 g/mol. The predicted octanol–water partition coefficient (Wildman–Crippen LogP) is 2.93. The van der Waals surface area contributed by atoms with Crippen molar-refractivity contribution in [2.45, 2.75) is 0 Å². The molecule has 1 aromatic carbocycles. The highest BCUT2D eigenvalue weighted by Gasteiger charge is 2.01. The Kier molecular flexibility index (Phi) is 4.94. The fourth-order valence-electron chi connectivity index (χ4n) is 1.27. The van der Waals surface area contributed by atoms with Crippen LogP contribution in [0.3, 0.4) is 0 Å². The van der Waals surface area contributed by atoms with Crippen LogP contribution in [0.4, 0.5) is 0 Å². The SMILES string of the molecule is O=C(COc1cccc(Cl)c1)NN=Cc1cccs1. The van der Waals surface area contributed by atoms with Crippen molar-refractivity contribution in [1.29, 1.82) is 0 Å². The van der Waals surface area contributed by atoms with Gasteiger partial charge in [-0.15, -0.1) is 11.3 Å². The van der Waals surface area contributed by atoms with Crippen molar-refractivity contribution >= 4 is 35.1 Å². The molecule has 0 radical (unpaired) electrons. The topological polar surface area (TPSA) is 50.7 Å². The summed E-state index contributed by atoms with van der Waals surface area (Å²) in [5, 5.41) is 6.32. The van der Waals surface area contributed by atoms with Crippen LogP contribution in [0.5, 0.6) is 5.75 Å². The normalized spacial score (nSPS) is 10.6. The molecule has 0 fully saturated rings. The Balaban J connectivity index is 1.76. The number of carbonyl (C=O) groups is 1. The van der Waals surface area contributed by atoms with Crippen LogP contribution in [-0.4, -0.2) is 18.7 Å². The lowest BCUT2D eigenvalue weighted by Gasteiger charge is -2.04. The molecule has 0 unspecified atom stereocenters. The third-order valence-electron chi connectivity index (χ3n) is 2.09. The molecule has 0 aliphatic carbocycles. The second kappa shape index (κ2) is 6.92. The molecule has 0 saturated heterocycles. The number of rotatable bonds is 5. The van der Waals surface area contributed by atoms with Gasteiger partial charge in [0, 0.05) is 9.90 Å². The molecule has 2 rings (SSSR count). The number of halogens is 1. The smallest absolute Gasteiger partial charge is 0.277 e. The minimum Gasteiger partial charge on any atom is -0.484 e. The molecule has 0 spiro atoms. The van der Waals surface area contributed by atoms with Gasteiger partial charge in [-0.2, -0.15) is 5.10 Å². The van der Waals surface area contributed by atoms with Gasteiger partial charge in [-0.3, -0.25) is 4.79 Å². The second-order valence-corrected chi connectivity index (χ2v) is 4.97. The molecular weight excluding hydrogens is 284 g/mol. The van der Waals surface area contributed by atoms with E-state index in [1.165, 1.54) is 11.3 Å². The lowest BCUT2D eigenvalue weighted by molar-refractivity contribution is -0.123. The number of hydrogen-bond acceptors (Lipinski definition) is 4. The zero-order valence-corrected chi connectivity index (χ0v) is 11.4. The first kappa shape index (κ1) is 13.6. The molecule has 0 bridgehead atoms. The van der Waals surface area contributed by atoms with Crippen molar-refractivity contribution < 1.29 is 9.53 Å². The van der Waals surface area contributed by atoms with Crippen LogP contribution in [0, 0.1) is 0 Å². The number of benzene rings is 1. The Labute approximate surface area is 119 Å². The summed E-state index contributed by atoms with van der Waals surface area (Å²) in [7, 11) is 0. The van der Waals surface area contributed by atoms with Crippen molar-refractivity contribution in [3.63, 3.8) is 0 Å². The van der Waals surface area contributed by atoms with Crippen LogP contribution >= 0.6 is 22.9 Å². The molecule has 1 N–H and O–H groups in total. The number of thiophene rings is 1. The Bertz CT molecular complexity index is 570. The standard InChI is InChI=1S/C13H11ClN2O2S/c14-10-3-1-4-11(7-10)18-9-13(17)16-15-8-12-5-2-6-19-12/h1-8H,9H2,(H,16,17). The van der Waals surface area contributed by atoms with Crippen LogP contribution in [0.2, 0.25) is 5.02 Å². The minimum atomic E-state index is -0.326. The van der Waals surface area contributed by atoms with Crippen LogP contribution in [0.1, 0.15) is 4.88 Å². The summed E-state index contributed by atoms with van der Waals surface area (Å²) < 4.78 is 5.27. The molecule has 4 nitrogen and oxygen atoms in total. The maximum Gasteiger partial charge on any atom is 0.277 e. The Morgan fingerprint density at radius 1 is 1.42 bits per heavy atom. The summed E-state index contributed by atoms with van der Waals surface area (Å²) in [6.07, 6.45) is 1.59. The van der Waals surface area contributed by atoms with E-state index in [0.717, 1.165) is 4.88 Å². The van der Waals surface area contributed by atoms with E-state index in [4.69, 9.17) is 16.3 Å². The average Bonchev–Trinajstić information content (AvgIpc) is 2.90. The third kappa shape index (κ3) is 4.73. The van der Waals surface area contributed by atoms with E-state index in [1.54, 1.807) is 30.5 Å². The van der Waals surface area contributed by atoms with Gasteiger partial charge in [-0.1, -0.05) is 23.7 Å². The molecule has 19 heavy (non-hydrogen) atoms. The average molecular weight is 295 g/mol. The Hall–Kier alpha value is -1.85. The van der Waals surface area contributed by atoms with Crippen molar-refractivity contribution in [3.05, 3.63) is 51.7 Å². The summed E-state index contributed by atoms with van der Waals surface area (Å²) in [6.45, 7) is -0.109. The van der Waals surface area contributed by atoms with Gasteiger partial charge in [-0.25, -0.2) is 5.43 Å². The molecular formula is C13H11ClN2O2S. The van der Waals surface area contributed by atoms with Crippen molar-refractivity contribution in [3.8, 4) is 5.75 Å². The van der Waals surface area contributed by atoms with Gasteiger partial charge in [0.25, 0.3) is 5.91 Å². The van der Waals surface area contributed by atoms with E-state index in [1.807, 2.05) is 17.5 Å². The highest BCUT2D eigenvalue weighted by atomic mass is 35.5. The lowest BCUT2D eigenvalue weighted by Crippen LogP contribution is -2.24. The molecule has 6 heteroatoms. The van der Waals surface area contributed by atoms with Crippen molar-refractivity contribution in [2.75, 3.05) is 6.61 Å². The van der Waals surface area contributed by atoms with Crippen LogP contribution in [0.25, 0.3) is 0 Å². The highest BCUT2D eigenvalue weighted by molar-refractivity contribution is 7.11. The summed E-state index contributed by atoms with van der Waals surface area (Å²) >= 11 is 7.34. The maximum atomic E-state index is 11.5. The zero-order valence-electron chi connectivity index (χ0n) is 9.88. The van der Waals surface area contributed by atoms with E-state index < -0.39 is 0 Å². The van der Waals surface area contributed by atoms with E-state index in [-0.39, 0.29) is 12.5 Å². The van der Waals surface area contributed by atoms with E-state index in [0.29, 0.717) is 10.8 Å². The molecule has 0 saturated carbocycles. The third-order valence-corrected chi connectivity index (χ3v) is 3.13. The molecule has 0 atom stereocenters. The fourth-order valence-corrected chi connectivity index (χ4v) is 2.04. The van der Waals surface area contributed by atoms with E-state index in [2.05, 4.69) is 10.5 Å². The van der Waals surface area contributed by atoms with Gasteiger partial charge in [0.05, 0.1) is 6.21 Å². The number of hydrogen-bond donors (Lipinski definition) is 1. The first-order chi connectivity index (χ1) is 9.24. The van der Waals surface area contributed by atoms with Gasteiger partial charge in [0.15, 0.2) is 6.61 Å². The molecule has 2 aromatic rings. The zero-order chi connectivity index (χ0) is 13.5.